The van der Waals surface area contributed by atoms with Crippen molar-refractivity contribution in [1.82, 2.24) is 19.3 Å². The van der Waals surface area contributed by atoms with E-state index in [1.165, 1.54) is 0 Å². The van der Waals surface area contributed by atoms with Gasteiger partial charge < -0.3 is 0 Å². The van der Waals surface area contributed by atoms with Gasteiger partial charge in [-0.3, -0.25) is 10.1 Å². The number of fused-ring (bicyclic) bond motifs is 1. The summed E-state index contributed by atoms with van der Waals surface area (Å²) in [6.45, 7) is 6.46. The minimum atomic E-state index is 0.0245. The maximum absolute atomic E-state index is 4.60. The number of hydrogen-bond acceptors (Lipinski definition) is 3. The van der Waals surface area contributed by atoms with Gasteiger partial charge in [-0.2, -0.15) is 5.10 Å². The van der Waals surface area contributed by atoms with Gasteiger partial charge in [0, 0.05) is 30.2 Å². The summed E-state index contributed by atoms with van der Waals surface area (Å²) in [7, 11) is 0. The number of rotatable bonds is 2. The lowest BCUT2D eigenvalue weighted by atomic mass is 9.92. The van der Waals surface area contributed by atoms with Gasteiger partial charge in [0.25, 0.3) is 0 Å². The van der Waals surface area contributed by atoms with Crippen LogP contribution in [-0.2, 0) is 5.41 Å². The van der Waals surface area contributed by atoms with Crippen LogP contribution in [0.3, 0.4) is 0 Å². The molecule has 0 aromatic carbocycles. The Morgan fingerprint density at radius 3 is 2.53 bits per heavy atom. The van der Waals surface area contributed by atoms with Crippen LogP contribution in [0.2, 0.25) is 0 Å². The lowest BCUT2D eigenvalue weighted by Crippen LogP contribution is -2.11. The number of anilines is 1. The second kappa shape index (κ2) is 4.12. The molecular formula is C14H17N5. The van der Waals surface area contributed by atoms with Gasteiger partial charge >= 0.3 is 0 Å². The molecule has 0 amide bonds. The first-order valence-electron chi connectivity index (χ1n) is 6.29. The quantitative estimate of drug-likeness (QED) is 0.766. The molecule has 1 N–H and O–H groups in total. The fourth-order valence-corrected chi connectivity index (χ4v) is 1.91. The van der Waals surface area contributed by atoms with Crippen LogP contribution in [0.4, 0.5) is 5.82 Å². The van der Waals surface area contributed by atoms with Gasteiger partial charge in [0.1, 0.15) is 5.52 Å². The van der Waals surface area contributed by atoms with Crippen molar-refractivity contribution in [1.29, 1.82) is 0 Å². The van der Waals surface area contributed by atoms with Crippen molar-refractivity contribution in [2.24, 2.45) is 0 Å². The van der Waals surface area contributed by atoms with Crippen LogP contribution >= 0.6 is 0 Å². The highest BCUT2D eigenvalue weighted by atomic mass is 15.4. The molecule has 5 nitrogen and oxygen atoms in total. The third-order valence-corrected chi connectivity index (χ3v) is 3.00. The van der Waals surface area contributed by atoms with E-state index >= 15 is 0 Å². The number of nitrogens with zero attached hydrogens (tertiary/aromatic N) is 4. The molecule has 0 aliphatic rings. The Labute approximate surface area is 111 Å². The van der Waals surface area contributed by atoms with E-state index in [0.717, 1.165) is 17.0 Å². The number of hydrogen-bond donors (Lipinski definition) is 1. The Kier molecular flexibility index (Phi) is 2.55. The molecule has 0 unspecified atom stereocenters. The molecule has 0 fully saturated rings. The Hall–Kier alpha value is -2.30. The van der Waals surface area contributed by atoms with Crippen molar-refractivity contribution in [3.8, 4) is 0 Å². The summed E-state index contributed by atoms with van der Waals surface area (Å²) in [6.07, 6.45) is 7.49. The van der Waals surface area contributed by atoms with Gasteiger partial charge in [-0.25, -0.2) is 9.50 Å². The molecule has 3 heterocycles. The molecule has 3 aromatic heterocycles. The zero-order chi connectivity index (χ0) is 13.5. The molecule has 0 aliphatic heterocycles. The largest absolute Gasteiger partial charge is 0.276 e. The average molecular weight is 255 g/mol. The molecule has 3 aromatic rings. The van der Waals surface area contributed by atoms with Gasteiger partial charge in [0.2, 0.25) is 0 Å². The van der Waals surface area contributed by atoms with Crippen LogP contribution in [0.5, 0.6) is 0 Å². The molecular weight excluding hydrogens is 238 g/mol. The zero-order valence-electron chi connectivity index (χ0n) is 11.3. The SMILES string of the molecule is CC(C)(C)c1cc2c(Nn3cccc3)nccn2n1. The van der Waals surface area contributed by atoms with Crippen LogP contribution in [0.25, 0.3) is 5.52 Å². The molecule has 0 atom stereocenters. The van der Waals surface area contributed by atoms with Gasteiger partial charge in [0.05, 0.1) is 5.69 Å². The monoisotopic (exact) mass is 255 g/mol. The van der Waals surface area contributed by atoms with Crippen molar-refractivity contribution < 1.29 is 0 Å². The van der Waals surface area contributed by atoms with Crippen LogP contribution < -0.4 is 5.43 Å². The smallest absolute Gasteiger partial charge is 0.171 e. The van der Waals surface area contributed by atoms with Crippen LogP contribution in [0.15, 0.2) is 43.0 Å². The summed E-state index contributed by atoms with van der Waals surface area (Å²) in [5.74, 6) is 0.793. The van der Waals surface area contributed by atoms with Crippen molar-refractivity contribution in [2.75, 3.05) is 5.43 Å². The highest BCUT2D eigenvalue weighted by Crippen LogP contribution is 2.24. The topological polar surface area (TPSA) is 47.2 Å². The normalized spacial score (nSPS) is 11.9. The molecule has 5 heteroatoms. The highest BCUT2D eigenvalue weighted by molar-refractivity contribution is 5.67. The minimum absolute atomic E-state index is 0.0245. The van der Waals surface area contributed by atoms with Crippen molar-refractivity contribution in [3.05, 3.63) is 48.7 Å². The molecule has 0 aliphatic carbocycles. The van der Waals surface area contributed by atoms with Gasteiger partial charge in [-0.05, 0) is 18.2 Å². The lowest BCUT2D eigenvalue weighted by Gasteiger charge is -2.13. The standard InChI is InChI=1S/C14H17N5/c1-14(2,3)12-10-11-13(15-6-9-19(11)16-12)17-18-7-4-5-8-18/h4-10H,1-3H3,(H,15,17). The fraction of sp³-hybridized carbons (Fsp3) is 0.286. The van der Waals surface area contributed by atoms with E-state index < -0.39 is 0 Å². The van der Waals surface area contributed by atoms with E-state index in [1.54, 1.807) is 6.20 Å². The molecule has 0 saturated heterocycles. The Bertz CT molecular complexity index is 688. The lowest BCUT2D eigenvalue weighted by molar-refractivity contribution is 0.562. The molecule has 98 valence electrons. The Morgan fingerprint density at radius 2 is 1.84 bits per heavy atom. The van der Waals surface area contributed by atoms with E-state index in [2.05, 4.69) is 42.3 Å². The first kappa shape index (κ1) is 11.8. The average Bonchev–Trinajstić information content (AvgIpc) is 2.96. The van der Waals surface area contributed by atoms with Gasteiger partial charge in [-0.15, -0.1) is 0 Å². The van der Waals surface area contributed by atoms with E-state index in [-0.39, 0.29) is 5.41 Å². The first-order chi connectivity index (χ1) is 9.04. The second-order valence-electron chi connectivity index (χ2n) is 5.59. The van der Waals surface area contributed by atoms with Crippen molar-refractivity contribution >= 4 is 11.3 Å². The van der Waals surface area contributed by atoms with E-state index in [4.69, 9.17) is 0 Å². The van der Waals surface area contributed by atoms with Gasteiger partial charge in [-0.1, -0.05) is 20.8 Å². The van der Waals surface area contributed by atoms with Crippen molar-refractivity contribution in [3.63, 3.8) is 0 Å². The Balaban J connectivity index is 2.07. The predicted molar refractivity (Wildman–Crippen MR) is 75.1 cm³/mol. The van der Waals surface area contributed by atoms with Gasteiger partial charge in [0.15, 0.2) is 5.82 Å². The molecule has 19 heavy (non-hydrogen) atoms. The third-order valence-electron chi connectivity index (χ3n) is 3.00. The molecule has 3 rings (SSSR count). The van der Waals surface area contributed by atoms with Crippen LogP contribution in [-0.4, -0.2) is 19.3 Å². The summed E-state index contributed by atoms with van der Waals surface area (Å²) in [4.78, 5) is 4.38. The summed E-state index contributed by atoms with van der Waals surface area (Å²) < 4.78 is 3.73. The number of nitrogens with one attached hydrogen (secondary N) is 1. The van der Waals surface area contributed by atoms with Crippen LogP contribution in [0.1, 0.15) is 26.5 Å². The summed E-state index contributed by atoms with van der Waals surface area (Å²) in [5.41, 5.74) is 5.29. The van der Waals surface area contributed by atoms with Crippen molar-refractivity contribution in [2.45, 2.75) is 26.2 Å². The van der Waals surface area contributed by atoms with E-state index in [1.807, 2.05) is 39.9 Å². The van der Waals surface area contributed by atoms with E-state index in [9.17, 15) is 0 Å². The third kappa shape index (κ3) is 2.19. The van der Waals surface area contributed by atoms with Crippen LogP contribution in [0, 0.1) is 0 Å². The molecule has 0 radical (unpaired) electrons. The fourth-order valence-electron chi connectivity index (χ4n) is 1.91. The maximum Gasteiger partial charge on any atom is 0.171 e. The first-order valence-corrected chi connectivity index (χ1v) is 6.29. The maximum atomic E-state index is 4.60. The molecule has 0 saturated carbocycles. The Morgan fingerprint density at radius 1 is 1.11 bits per heavy atom. The molecule has 0 spiro atoms. The zero-order valence-corrected chi connectivity index (χ0v) is 11.3. The highest BCUT2D eigenvalue weighted by Gasteiger charge is 2.19. The minimum Gasteiger partial charge on any atom is -0.276 e. The second-order valence-corrected chi connectivity index (χ2v) is 5.59. The summed E-state index contributed by atoms with van der Waals surface area (Å²) >= 11 is 0. The summed E-state index contributed by atoms with van der Waals surface area (Å²) in [6, 6.07) is 6.01. The van der Waals surface area contributed by atoms with E-state index in [0.29, 0.717) is 0 Å². The number of aromatic nitrogens is 4. The predicted octanol–water partition coefficient (Wildman–Crippen LogP) is 2.70. The molecule has 0 bridgehead atoms. The summed E-state index contributed by atoms with van der Waals surface area (Å²) in [5, 5.41) is 4.60.